The van der Waals surface area contributed by atoms with Crippen LogP contribution in [-0.4, -0.2) is 12.3 Å². The van der Waals surface area contributed by atoms with Crippen LogP contribution in [0.25, 0.3) is 0 Å². The number of anilines is 1. The predicted molar refractivity (Wildman–Crippen MR) is 80.5 cm³/mol. The van der Waals surface area contributed by atoms with Gasteiger partial charge in [0, 0.05) is 22.7 Å². The van der Waals surface area contributed by atoms with E-state index in [2.05, 4.69) is 17.0 Å². The van der Waals surface area contributed by atoms with Crippen LogP contribution < -0.4 is 4.90 Å². The van der Waals surface area contributed by atoms with Gasteiger partial charge in [-0.25, -0.2) is 0 Å². The third-order valence-electron chi connectivity index (χ3n) is 3.45. The zero-order valence-corrected chi connectivity index (χ0v) is 12.2. The normalized spacial score (nSPS) is 13.7. The maximum absolute atomic E-state index is 11.4. The second kappa shape index (κ2) is 4.99. The van der Waals surface area contributed by atoms with Crippen molar-refractivity contribution in [1.29, 1.82) is 0 Å². The van der Waals surface area contributed by atoms with E-state index in [1.165, 1.54) is 16.1 Å². The van der Waals surface area contributed by atoms with Crippen molar-refractivity contribution < 1.29 is 4.79 Å². The number of carbonyl (C=O) groups excluding carboxylic acids is 1. The number of rotatable bonds is 3. The molecule has 2 aromatic rings. The topological polar surface area (TPSA) is 20.3 Å². The molecule has 19 heavy (non-hydrogen) atoms. The van der Waals surface area contributed by atoms with Gasteiger partial charge in [0.2, 0.25) is 0 Å². The SMILES string of the molecule is CC(=O)c1ccc2c(c1)CCN2Cc1ccc(Cl)s1. The van der Waals surface area contributed by atoms with Gasteiger partial charge in [0.05, 0.1) is 10.9 Å². The first-order chi connectivity index (χ1) is 9.13. The third-order valence-corrected chi connectivity index (χ3v) is 4.67. The van der Waals surface area contributed by atoms with Gasteiger partial charge in [-0.15, -0.1) is 11.3 Å². The fourth-order valence-corrected chi connectivity index (χ4v) is 3.58. The molecule has 3 rings (SSSR count). The second-order valence-electron chi connectivity index (χ2n) is 4.78. The summed E-state index contributed by atoms with van der Waals surface area (Å²) in [6.07, 6.45) is 1.01. The van der Waals surface area contributed by atoms with Crippen LogP contribution in [0.3, 0.4) is 0 Å². The van der Waals surface area contributed by atoms with Crippen molar-refractivity contribution in [3.05, 3.63) is 50.7 Å². The van der Waals surface area contributed by atoms with Gasteiger partial charge in [0.15, 0.2) is 5.78 Å². The van der Waals surface area contributed by atoms with E-state index in [9.17, 15) is 4.79 Å². The van der Waals surface area contributed by atoms with Gasteiger partial charge in [-0.2, -0.15) is 0 Å². The molecule has 0 fully saturated rings. The predicted octanol–water partition coefficient (Wildman–Crippen LogP) is 4.17. The Bertz CT molecular complexity index is 635. The summed E-state index contributed by atoms with van der Waals surface area (Å²) in [6.45, 7) is 3.51. The van der Waals surface area contributed by atoms with E-state index >= 15 is 0 Å². The standard InChI is InChI=1S/C15H14ClNOS/c1-10(18)11-2-4-14-12(8-11)6-7-17(14)9-13-3-5-15(16)19-13/h2-5,8H,6-7,9H2,1H3. The lowest BCUT2D eigenvalue weighted by Crippen LogP contribution is -2.18. The summed E-state index contributed by atoms with van der Waals surface area (Å²) in [7, 11) is 0. The number of hydrogen-bond acceptors (Lipinski definition) is 3. The molecule has 2 heterocycles. The largest absolute Gasteiger partial charge is 0.366 e. The fourth-order valence-electron chi connectivity index (χ4n) is 2.48. The Hall–Kier alpha value is -1.32. The summed E-state index contributed by atoms with van der Waals surface area (Å²) >= 11 is 7.59. The maximum atomic E-state index is 11.4. The van der Waals surface area contributed by atoms with Gasteiger partial charge < -0.3 is 4.90 Å². The molecule has 4 heteroatoms. The van der Waals surface area contributed by atoms with Crippen LogP contribution in [0, 0.1) is 0 Å². The Labute approximate surface area is 121 Å². The first-order valence-electron chi connectivity index (χ1n) is 6.26. The van der Waals surface area contributed by atoms with Crippen LogP contribution >= 0.6 is 22.9 Å². The molecular formula is C15H14ClNOS. The van der Waals surface area contributed by atoms with Crippen molar-refractivity contribution in [3.63, 3.8) is 0 Å². The van der Waals surface area contributed by atoms with Gasteiger partial charge in [0.25, 0.3) is 0 Å². The van der Waals surface area contributed by atoms with Crippen LogP contribution in [0.15, 0.2) is 30.3 Å². The van der Waals surface area contributed by atoms with Crippen molar-refractivity contribution in [2.24, 2.45) is 0 Å². The molecule has 2 nitrogen and oxygen atoms in total. The van der Waals surface area contributed by atoms with E-state index in [1.54, 1.807) is 18.3 Å². The lowest BCUT2D eigenvalue weighted by Gasteiger charge is -2.18. The van der Waals surface area contributed by atoms with Crippen LogP contribution in [0.4, 0.5) is 5.69 Å². The minimum atomic E-state index is 0.131. The first kappa shape index (κ1) is 12.7. The lowest BCUT2D eigenvalue weighted by molar-refractivity contribution is 0.101. The Morgan fingerprint density at radius 1 is 1.37 bits per heavy atom. The lowest BCUT2D eigenvalue weighted by atomic mass is 10.1. The van der Waals surface area contributed by atoms with E-state index < -0.39 is 0 Å². The Kier molecular flexibility index (Phi) is 3.33. The number of Topliss-reactive ketones (excluding diaryl/α,β-unsaturated/α-hetero) is 1. The van der Waals surface area contributed by atoms with Crippen LogP contribution in [0.1, 0.15) is 27.7 Å². The molecule has 98 valence electrons. The van der Waals surface area contributed by atoms with E-state index in [-0.39, 0.29) is 5.78 Å². The van der Waals surface area contributed by atoms with Crippen molar-refractivity contribution in [2.45, 2.75) is 19.9 Å². The first-order valence-corrected chi connectivity index (χ1v) is 7.46. The molecule has 0 amide bonds. The molecule has 1 aliphatic rings. The molecule has 1 aromatic carbocycles. The number of hydrogen-bond donors (Lipinski definition) is 0. The second-order valence-corrected chi connectivity index (χ2v) is 6.58. The number of halogens is 1. The molecule has 0 N–H and O–H groups in total. The average molecular weight is 292 g/mol. The molecule has 0 saturated heterocycles. The number of ketones is 1. The zero-order chi connectivity index (χ0) is 13.4. The average Bonchev–Trinajstić information content (AvgIpc) is 2.96. The van der Waals surface area contributed by atoms with Gasteiger partial charge in [-0.05, 0) is 49.2 Å². The number of carbonyl (C=O) groups is 1. The molecule has 0 saturated carbocycles. The number of nitrogens with zero attached hydrogens (tertiary/aromatic N) is 1. The Morgan fingerprint density at radius 2 is 2.21 bits per heavy atom. The summed E-state index contributed by atoms with van der Waals surface area (Å²) in [5, 5.41) is 0. The smallest absolute Gasteiger partial charge is 0.159 e. The highest BCUT2D eigenvalue weighted by atomic mass is 35.5. The van der Waals surface area contributed by atoms with Gasteiger partial charge >= 0.3 is 0 Å². The molecule has 0 bridgehead atoms. The fraction of sp³-hybridized carbons (Fsp3) is 0.267. The summed E-state index contributed by atoms with van der Waals surface area (Å²) in [6, 6.07) is 10.0. The highest BCUT2D eigenvalue weighted by Crippen LogP contribution is 2.32. The maximum Gasteiger partial charge on any atom is 0.159 e. The molecule has 0 spiro atoms. The molecule has 0 atom stereocenters. The van der Waals surface area contributed by atoms with Crippen molar-refractivity contribution in [3.8, 4) is 0 Å². The van der Waals surface area contributed by atoms with Crippen LogP contribution in [-0.2, 0) is 13.0 Å². The Balaban J connectivity index is 1.84. The van der Waals surface area contributed by atoms with Crippen molar-refractivity contribution in [1.82, 2.24) is 0 Å². The van der Waals surface area contributed by atoms with Crippen molar-refractivity contribution in [2.75, 3.05) is 11.4 Å². The van der Waals surface area contributed by atoms with Crippen LogP contribution in [0.2, 0.25) is 4.34 Å². The highest BCUT2D eigenvalue weighted by Gasteiger charge is 2.20. The summed E-state index contributed by atoms with van der Waals surface area (Å²) < 4.78 is 0.835. The summed E-state index contributed by atoms with van der Waals surface area (Å²) in [5.74, 6) is 0.131. The summed E-state index contributed by atoms with van der Waals surface area (Å²) in [4.78, 5) is 15.0. The summed E-state index contributed by atoms with van der Waals surface area (Å²) in [5.41, 5.74) is 3.32. The molecule has 0 radical (unpaired) electrons. The highest BCUT2D eigenvalue weighted by molar-refractivity contribution is 7.16. The minimum absolute atomic E-state index is 0.131. The number of thiophene rings is 1. The van der Waals surface area contributed by atoms with Crippen molar-refractivity contribution >= 4 is 34.4 Å². The quantitative estimate of drug-likeness (QED) is 0.791. The Morgan fingerprint density at radius 3 is 2.89 bits per heavy atom. The van der Waals surface area contributed by atoms with Gasteiger partial charge in [-0.3, -0.25) is 4.79 Å². The van der Waals surface area contributed by atoms with E-state index in [0.717, 1.165) is 29.4 Å². The molecule has 1 aliphatic heterocycles. The number of fused-ring (bicyclic) bond motifs is 1. The van der Waals surface area contributed by atoms with E-state index in [0.29, 0.717) is 0 Å². The van der Waals surface area contributed by atoms with E-state index in [4.69, 9.17) is 11.6 Å². The monoisotopic (exact) mass is 291 g/mol. The van der Waals surface area contributed by atoms with E-state index in [1.807, 2.05) is 18.2 Å². The third kappa shape index (κ3) is 2.53. The van der Waals surface area contributed by atoms with Gasteiger partial charge in [0.1, 0.15) is 0 Å². The molecule has 0 aliphatic carbocycles. The number of benzene rings is 1. The minimum Gasteiger partial charge on any atom is -0.366 e. The van der Waals surface area contributed by atoms with Crippen LogP contribution in [0.5, 0.6) is 0 Å². The molecule has 0 unspecified atom stereocenters. The molecular weight excluding hydrogens is 278 g/mol. The zero-order valence-electron chi connectivity index (χ0n) is 10.6. The van der Waals surface area contributed by atoms with Gasteiger partial charge in [-0.1, -0.05) is 11.6 Å². The molecule has 1 aromatic heterocycles.